The van der Waals surface area contributed by atoms with Crippen molar-refractivity contribution in [3.05, 3.63) is 59.1 Å². The van der Waals surface area contributed by atoms with Crippen LogP contribution in [-0.2, 0) is 9.59 Å². The van der Waals surface area contributed by atoms with E-state index in [4.69, 9.17) is 11.6 Å². The highest BCUT2D eigenvalue weighted by Crippen LogP contribution is 2.25. The average Bonchev–Trinajstić information content (AvgIpc) is 2.63. The van der Waals surface area contributed by atoms with Crippen LogP contribution in [0.25, 0.3) is 0 Å². The molecule has 138 valence electrons. The Morgan fingerprint density at radius 2 is 1.81 bits per heavy atom. The van der Waals surface area contributed by atoms with Gasteiger partial charge in [-0.25, -0.2) is 0 Å². The molecule has 2 rings (SSSR count). The number of hydrogen-bond donors (Lipinski definition) is 3. The van der Waals surface area contributed by atoms with Crippen LogP contribution in [0.1, 0.15) is 38.3 Å². The van der Waals surface area contributed by atoms with Crippen LogP contribution in [0.4, 0.5) is 11.4 Å². The normalized spacial score (nSPS) is 11.5. The van der Waals surface area contributed by atoms with E-state index in [1.807, 2.05) is 44.2 Å². The van der Waals surface area contributed by atoms with Crippen LogP contribution in [0.3, 0.4) is 0 Å². The molecular formula is C20H24ClN3O2. The van der Waals surface area contributed by atoms with Crippen LogP contribution in [0, 0.1) is 0 Å². The number of nitrogens with one attached hydrogen (secondary N) is 3. The molecule has 3 N–H and O–H groups in total. The molecule has 0 heterocycles. The van der Waals surface area contributed by atoms with Gasteiger partial charge in [-0.1, -0.05) is 48.9 Å². The third-order valence-corrected chi connectivity index (χ3v) is 4.17. The third kappa shape index (κ3) is 6.08. The van der Waals surface area contributed by atoms with E-state index in [0.29, 0.717) is 22.8 Å². The molecule has 2 amide bonds. The summed E-state index contributed by atoms with van der Waals surface area (Å²) in [6, 6.07) is 14.8. The fourth-order valence-corrected chi connectivity index (χ4v) is 2.67. The molecule has 0 aromatic heterocycles. The summed E-state index contributed by atoms with van der Waals surface area (Å²) < 4.78 is 0. The molecule has 26 heavy (non-hydrogen) atoms. The lowest BCUT2D eigenvalue weighted by Gasteiger charge is -2.16. The molecule has 1 atom stereocenters. The molecule has 0 bridgehead atoms. The molecule has 0 aliphatic rings. The summed E-state index contributed by atoms with van der Waals surface area (Å²) in [6.07, 6.45) is 1.25. The largest absolute Gasteiger partial charge is 0.375 e. The summed E-state index contributed by atoms with van der Waals surface area (Å²) in [7, 11) is 0. The van der Waals surface area contributed by atoms with Gasteiger partial charge in [-0.05, 0) is 37.1 Å². The number of carbonyl (C=O) groups is 2. The first-order valence-electron chi connectivity index (χ1n) is 8.67. The zero-order chi connectivity index (χ0) is 18.9. The van der Waals surface area contributed by atoms with Gasteiger partial charge in [0, 0.05) is 12.1 Å². The van der Waals surface area contributed by atoms with Crippen molar-refractivity contribution in [1.82, 2.24) is 5.32 Å². The second-order valence-corrected chi connectivity index (χ2v) is 6.45. The maximum Gasteiger partial charge on any atom is 0.239 e. The predicted molar refractivity (Wildman–Crippen MR) is 106 cm³/mol. The minimum absolute atomic E-state index is 0.0461. The number of rotatable bonds is 8. The number of halogens is 1. The number of carbonyl (C=O) groups excluding carboxylic acids is 2. The van der Waals surface area contributed by atoms with Crippen molar-refractivity contribution in [2.45, 2.75) is 32.7 Å². The Bertz CT molecular complexity index is 750. The zero-order valence-corrected chi connectivity index (χ0v) is 15.8. The highest BCUT2D eigenvalue weighted by atomic mass is 35.5. The molecular weight excluding hydrogens is 350 g/mol. The van der Waals surface area contributed by atoms with Crippen molar-refractivity contribution in [1.29, 1.82) is 0 Å². The fraction of sp³-hybridized carbons (Fsp3) is 0.300. The Kier molecular flexibility index (Phi) is 7.48. The molecule has 0 aliphatic heterocycles. The van der Waals surface area contributed by atoms with E-state index in [0.717, 1.165) is 12.0 Å². The summed E-state index contributed by atoms with van der Waals surface area (Å²) in [5.41, 5.74) is 2.29. The molecule has 0 spiro atoms. The summed E-state index contributed by atoms with van der Waals surface area (Å²) in [5.74, 6) is -0.187. The van der Waals surface area contributed by atoms with Gasteiger partial charge in [0.25, 0.3) is 0 Å². The molecule has 0 saturated heterocycles. The minimum Gasteiger partial charge on any atom is -0.375 e. The monoisotopic (exact) mass is 373 g/mol. The topological polar surface area (TPSA) is 70.2 Å². The van der Waals surface area contributed by atoms with Crippen LogP contribution >= 0.6 is 11.6 Å². The number of amides is 2. The van der Waals surface area contributed by atoms with Gasteiger partial charge in [0.05, 0.1) is 23.3 Å². The van der Waals surface area contributed by atoms with E-state index >= 15 is 0 Å². The Hall–Kier alpha value is -2.53. The van der Waals surface area contributed by atoms with Gasteiger partial charge < -0.3 is 16.0 Å². The van der Waals surface area contributed by atoms with Crippen LogP contribution in [0.2, 0.25) is 5.02 Å². The van der Waals surface area contributed by atoms with Crippen LogP contribution < -0.4 is 16.0 Å². The summed E-state index contributed by atoms with van der Waals surface area (Å²) in [4.78, 5) is 23.9. The van der Waals surface area contributed by atoms with Gasteiger partial charge in [0.15, 0.2) is 0 Å². The molecule has 0 aliphatic carbocycles. The van der Waals surface area contributed by atoms with Crippen molar-refractivity contribution in [3.63, 3.8) is 0 Å². The van der Waals surface area contributed by atoms with Gasteiger partial charge >= 0.3 is 0 Å². The first kappa shape index (κ1) is 19.8. The first-order chi connectivity index (χ1) is 12.5. The summed E-state index contributed by atoms with van der Waals surface area (Å²) >= 11 is 6.17. The zero-order valence-electron chi connectivity index (χ0n) is 15.0. The molecule has 0 radical (unpaired) electrons. The summed E-state index contributed by atoms with van der Waals surface area (Å²) in [6.45, 7) is 3.97. The Morgan fingerprint density at radius 1 is 1.08 bits per heavy atom. The lowest BCUT2D eigenvalue weighted by Crippen LogP contribution is -2.32. The first-order valence-corrected chi connectivity index (χ1v) is 9.05. The predicted octanol–water partition coefficient (Wildman–Crippen LogP) is 4.37. The highest BCUT2D eigenvalue weighted by Gasteiger charge is 2.10. The maximum absolute atomic E-state index is 12.2. The molecule has 1 unspecified atom stereocenters. The number of hydrogen-bond acceptors (Lipinski definition) is 3. The van der Waals surface area contributed by atoms with Crippen molar-refractivity contribution in [2.75, 3.05) is 17.2 Å². The van der Waals surface area contributed by atoms with Crippen LogP contribution in [0.15, 0.2) is 48.5 Å². The van der Waals surface area contributed by atoms with E-state index in [-0.39, 0.29) is 24.4 Å². The molecule has 6 heteroatoms. The quantitative estimate of drug-likeness (QED) is 0.643. The molecule has 0 saturated carbocycles. The Morgan fingerprint density at radius 3 is 2.50 bits per heavy atom. The van der Waals surface area contributed by atoms with Crippen molar-refractivity contribution in [3.8, 4) is 0 Å². The van der Waals surface area contributed by atoms with Gasteiger partial charge in [-0.2, -0.15) is 0 Å². The standard InChI is InChI=1S/C20H24ClN3O2/c1-3-7-19(25)24-16-10-11-17(21)18(12-16)22-13-20(26)23-14(2)15-8-5-4-6-9-15/h4-6,8-12,14,22H,3,7,13H2,1-2H3,(H,23,26)(H,24,25). The maximum atomic E-state index is 12.2. The van der Waals surface area contributed by atoms with E-state index < -0.39 is 0 Å². The van der Waals surface area contributed by atoms with Gasteiger partial charge in [0.1, 0.15) is 0 Å². The molecule has 2 aromatic carbocycles. The lowest BCUT2D eigenvalue weighted by atomic mass is 10.1. The average molecular weight is 374 g/mol. The second-order valence-electron chi connectivity index (χ2n) is 6.05. The van der Waals surface area contributed by atoms with E-state index in [1.54, 1.807) is 18.2 Å². The van der Waals surface area contributed by atoms with Gasteiger partial charge in [-0.3, -0.25) is 9.59 Å². The molecule has 5 nitrogen and oxygen atoms in total. The SMILES string of the molecule is CCCC(=O)Nc1ccc(Cl)c(NCC(=O)NC(C)c2ccccc2)c1. The van der Waals surface area contributed by atoms with Gasteiger partial charge in [0.2, 0.25) is 11.8 Å². The highest BCUT2D eigenvalue weighted by molar-refractivity contribution is 6.33. The van der Waals surface area contributed by atoms with E-state index in [1.165, 1.54) is 0 Å². The fourth-order valence-electron chi connectivity index (χ4n) is 2.48. The van der Waals surface area contributed by atoms with E-state index in [9.17, 15) is 9.59 Å². The molecule has 0 fully saturated rings. The van der Waals surface area contributed by atoms with Crippen LogP contribution in [0.5, 0.6) is 0 Å². The summed E-state index contributed by atoms with van der Waals surface area (Å²) in [5, 5.41) is 9.26. The lowest BCUT2D eigenvalue weighted by molar-refractivity contribution is -0.120. The van der Waals surface area contributed by atoms with Crippen molar-refractivity contribution < 1.29 is 9.59 Å². The van der Waals surface area contributed by atoms with E-state index in [2.05, 4.69) is 16.0 Å². The number of anilines is 2. The second kappa shape index (κ2) is 9.82. The smallest absolute Gasteiger partial charge is 0.239 e. The van der Waals surface area contributed by atoms with Crippen LogP contribution in [-0.4, -0.2) is 18.4 Å². The van der Waals surface area contributed by atoms with Crippen molar-refractivity contribution >= 4 is 34.8 Å². The number of benzene rings is 2. The Balaban J connectivity index is 1.91. The molecule has 2 aromatic rings. The van der Waals surface area contributed by atoms with Crippen molar-refractivity contribution in [2.24, 2.45) is 0 Å². The van der Waals surface area contributed by atoms with Gasteiger partial charge in [-0.15, -0.1) is 0 Å². The third-order valence-electron chi connectivity index (χ3n) is 3.84. The Labute approximate surface area is 159 Å². The minimum atomic E-state index is -0.141.